The minimum Gasteiger partial charge on any atom is -0.595 e. The molecule has 28 heavy (non-hydrogen) atoms. The van der Waals surface area contributed by atoms with E-state index < -0.39 is 11.3 Å². The molecule has 2 atom stereocenters. The highest BCUT2D eigenvalue weighted by Gasteiger charge is 2.32. The number of Topliss-reactive ketones (excluding diaryl/α,β-unsaturated/α-hetero) is 1. The third-order valence-corrected chi connectivity index (χ3v) is 4.20. The summed E-state index contributed by atoms with van der Waals surface area (Å²) < 4.78 is 0. The Kier molecular flexibility index (Phi) is 4.77. The molecule has 9 heteroatoms. The Morgan fingerprint density at radius 3 is 2.64 bits per heavy atom. The van der Waals surface area contributed by atoms with Crippen LogP contribution in [0.15, 0.2) is 70.8 Å². The highest BCUT2D eigenvalue weighted by atomic mass is 16.8. The third-order valence-electron chi connectivity index (χ3n) is 4.20. The summed E-state index contributed by atoms with van der Waals surface area (Å²) in [6.07, 6.45) is 2.96. The first kappa shape index (κ1) is 17.7. The molecule has 140 valence electrons. The molecule has 0 spiro atoms. The predicted octanol–water partition coefficient (Wildman–Crippen LogP) is 1.64. The molecule has 0 saturated heterocycles. The summed E-state index contributed by atoms with van der Waals surface area (Å²) in [7, 11) is 0. The number of benzene rings is 2. The number of carbonyl (C=O) groups excluding carboxylic acids is 1. The van der Waals surface area contributed by atoms with Crippen LogP contribution < -0.4 is 10.5 Å². The van der Waals surface area contributed by atoms with E-state index in [1.807, 2.05) is 30.3 Å². The molecule has 4 N–H and O–H groups in total. The molecule has 0 saturated carbocycles. The van der Waals surface area contributed by atoms with E-state index in [1.165, 1.54) is 24.5 Å². The second kappa shape index (κ2) is 7.53. The van der Waals surface area contributed by atoms with Gasteiger partial charge in [-0.15, -0.1) is 0 Å². The molecular formula is C19H16N6O3. The van der Waals surface area contributed by atoms with Crippen molar-refractivity contribution in [2.24, 2.45) is 9.98 Å². The van der Waals surface area contributed by atoms with E-state index in [1.54, 1.807) is 12.1 Å². The van der Waals surface area contributed by atoms with Crippen molar-refractivity contribution in [1.82, 2.24) is 10.2 Å². The number of anilines is 1. The average Bonchev–Trinajstić information content (AvgIpc) is 3.18. The number of fused-ring (bicyclic) bond motifs is 1. The zero-order valence-corrected chi connectivity index (χ0v) is 14.5. The fraction of sp³-hybridized carbons (Fsp3) is 0.0526. The van der Waals surface area contributed by atoms with E-state index in [4.69, 9.17) is 5.21 Å². The van der Waals surface area contributed by atoms with Crippen LogP contribution >= 0.6 is 0 Å². The number of nitrogens with one attached hydrogen (secondary N) is 3. The molecule has 3 aromatic rings. The molecule has 2 aromatic carbocycles. The normalized spacial score (nSPS) is 17.3. The second-order valence-electron chi connectivity index (χ2n) is 6.09. The molecule has 1 aliphatic heterocycles. The van der Waals surface area contributed by atoms with Gasteiger partial charge < -0.3 is 10.5 Å². The SMILES string of the molecule is O=C1c2cn[nH]c2N=C(Nc2ccccc2)C1N=Cc1ccc([NH+]([O-])O)cc1. The van der Waals surface area contributed by atoms with Crippen LogP contribution in [0.2, 0.25) is 0 Å². The van der Waals surface area contributed by atoms with Gasteiger partial charge in [0.1, 0.15) is 5.84 Å². The summed E-state index contributed by atoms with van der Waals surface area (Å²) in [4.78, 5) is 21.7. The number of aromatic nitrogens is 2. The van der Waals surface area contributed by atoms with Crippen molar-refractivity contribution in [3.8, 4) is 0 Å². The number of hydrogen-bond donors (Lipinski definition) is 4. The summed E-state index contributed by atoms with van der Waals surface area (Å²) in [5.74, 6) is 0.544. The van der Waals surface area contributed by atoms with E-state index >= 15 is 0 Å². The Bertz CT molecular complexity index is 1040. The summed E-state index contributed by atoms with van der Waals surface area (Å²) in [6.45, 7) is 0. The quantitative estimate of drug-likeness (QED) is 0.406. The van der Waals surface area contributed by atoms with Crippen molar-refractivity contribution >= 4 is 35.0 Å². The minimum absolute atomic E-state index is 0.182. The third kappa shape index (κ3) is 3.58. The molecule has 0 fully saturated rings. The molecule has 1 aliphatic rings. The van der Waals surface area contributed by atoms with Crippen LogP contribution in [0.5, 0.6) is 0 Å². The molecular weight excluding hydrogens is 360 g/mol. The zero-order valence-electron chi connectivity index (χ0n) is 14.5. The lowest BCUT2D eigenvalue weighted by Crippen LogP contribution is -2.99. The van der Waals surface area contributed by atoms with Gasteiger partial charge in [-0.25, -0.2) is 10.2 Å². The number of aromatic amines is 1. The number of rotatable bonds is 4. The molecule has 0 radical (unpaired) electrons. The van der Waals surface area contributed by atoms with Crippen molar-refractivity contribution in [3.63, 3.8) is 0 Å². The van der Waals surface area contributed by atoms with Crippen LogP contribution in [-0.2, 0) is 0 Å². The second-order valence-corrected chi connectivity index (χ2v) is 6.09. The summed E-state index contributed by atoms with van der Waals surface area (Å²) in [5.41, 5.74) is 2.02. The fourth-order valence-electron chi connectivity index (χ4n) is 2.77. The highest BCUT2D eigenvalue weighted by molar-refractivity contribution is 6.24. The number of para-hydroxylation sites is 1. The number of aliphatic imine (C=N–C) groups is 2. The molecule has 1 aromatic heterocycles. The number of nitrogens with zero attached hydrogens (tertiary/aromatic N) is 3. The zero-order chi connectivity index (χ0) is 19.5. The van der Waals surface area contributed by atoms with Gasteiger partial charge in [0, 0.05) is 24.0 Å². The van der Waals surface area contributed by atoms with Gasteiger partial charge in [0.2, 0.25) is 0 Å². The van der Waals surface area contributed by atoms with E-state index in [0.717, 1.165) is 5.69 Å². The fourth-order valence-corrected chi connectivity index (χ4v) is 2.77. The van der Waals surface area contributed by atoms with E-state index in [9.17, 15) is 10.0 Å². The van der Waals surface area contributed by atoms with Crippen molar-refractivity contribution in [3.05, 3.63) is 77.1 Å². The van der Waals surface area contributed by atoms with Gasteiger partial charge in [0.15, 0.2) is 23.3 Å². The van der Waals surface area contributed by atoms with Gasteiger partial charge in [0.05, 0.1) is 11.8 Å². The Balaban J connectivity index is 1.63. The Labute approximate surface area is 159 Å². The van der Waals surface area contributed by atoms with Crippen molar-refractivity contribution in [2.75, 3.05) is 5.32 Å². The standard InChI is InChI=1S/C19H16N6O3/c26-17-15-11-21-24-18(15)23-19(22-13-4-2-1-3-5-13)16(17)20-10-12-6-8-14(9-7-12)25(27)28/h1-11,16,25,27H,(H2,21,22,23,24). The first-order valence-corrected chi connectivity index (χ1v) is 8.46. The number of ketones is 1. The van der Waals surface area contributed by atoms with E-state index in [2.05, 4.69) is 25.5 Å². The van der Waals surface area contributed by atoms with Crippen molar-refractivity contribution in [2.45, 2.75) is 6.04 Å². The summed E-state index contributed by atoms with van der Waals surface area (Å²) in [5, 5.41) is 28.7. The van der Waals surface area contributed by atoms with Crippen LogP contribution in [0.1, 0.15) is 15.9 Å². The molecule has 4 rings (SSSR count). The lowest BCUT2D eigenvalue weighted by molar-refractivity contribution is -0.991. The number of carbonyl (C=O) groups is 1. The molecule has 0 bridgehead atoms. The Morgan fingerprint density at radius 2 is 1.93 bits per heavy atom. The Hall–Kier alpha value is -3.66. The van der Waals surface area contributed by atoms with Crippen molar-refractivity contribution < 1.29 is 15.2 Å². The summed E-state index contributed by atoms with van der Waals surface area (Å²) in [6, 6.07) is 14.7. The van der Waals surface area contributed by atoms with Crippen LogP contribution in [0.3, 0.4) is 0 Å². The largest absolute Gasteiger partial charge is 0.595 e. The van der Waals surface area contributed by atoms with Gasteiger partial charge in [-0.3, -0.25) is 14.9 Å². The van der Waals surface area contributed by atoms with Crippen LogP contribution in [0.25, 0.3) is 0 Å². The highest BCUT2D eigenvalue weighted by Crippen LogP contribution is 2.25. The lowest BCUT2D eigenvalue weighted by Gasteiger charge is -2.19. The van der Waals surface area contributed by atoms with Crippen LogP contribution in [0.4, 0.5) is 17.2 Å². The van der Waals surface area contributed by atoms with Gasteiger partial charge in [-0.1, -0.05) is 18.2 Å². The maximum absolute atomic E-state index is 12.9. The van der Waals surface area contributed by atoms with Gasteiger partial charge in [-0.05, 0) is 29.8 Å². The lowest BCUT2D eigenvalue weighted by atomic mass is 10.0. The number of amidine groups is 1. The summed E-state index contributed by atoms with van der Waals surface area (Å²) >= 11 is 0. The van der Waals surface area contributed by atoms with Crippen LogP contribution in [-0.4, -0.2) is 39.3 Å². The van der Waals surface area contributed by atoms with Crippen LogP contribution in [0, 0.1) is 5.21 Å². The van der Waals surface area contributed by atoms with Gasteiger partial charge in [-0.2, -0.15) is 10.3 Å². The van der Waals surface area contributed by atoms with E-state index in [0.29, 0.717) is 22.8 Å². The average molecular weight is 376 g/mol. The molecule has 2 heterocycles. The van der Waals surface area contributed by atoms with E-state index in [-0.39, 0.29) is 11.5 Å². The topological polar surface area (TPSA) is 130 Å². The number of quaternary nitrogens is 1. The monoisotopic (exact) mass is 376 g/mol. The molecule has 0 amide bonds. The molecule has 9 nitrogen and oxygen atoms in total. The first-order chi connectivity index (χ1) is 13.6. The smallest absolute Gasteiger partial charge is 0.200 e. The van der Waals surface area contributed by atoms with Crippen molar-refractivity contribution in [1.29, 1.82) is 0 Å². The minimum atomic E-state index is -1.00. The maximum Gasteiger partial charge on any atom is 0.200 e. The first-order valence-electron chi connectivity index (χ1n) is 8.46. The Morgan fingerprint density at radius 1 is 1.18 bits per heavy atom. The predicted molar refractivity (Wildman–Crippen MR) is 104 cm³/mol. The van der Waals surface area contributed by atoms with Gasteiger partial charge >= 0.3 is 0 Å². The number of H-pyrrole nitrogens is 1. The van der Waals surface area contributed by atoms with Gasteiger partial charge in [0.25, 0.3) is 0 Å². The number of hydrogen-bond acceptors (Lipinski definition) is 7. The molecule has 0 aliphatic carbocycles. The maximum atomic E-state index is 12.9. The molecule has 2 unspecified atom stereocenters.